The smallest absolute Gasteiger partial charge is 0.404 e. The number of H-pyrrole nitrogens is 1. The molecule has 2 heterocycles. The second kappa shape index (κ2) is 10.4. The maximum atomic E-state index is 13.4. The molecule has 196 valence electrons. The molecule has 0 saturated heterocycles. The van der Waals surface area contributed by atoms with Crippen LogP contribution in [0.4, 0.5) is 4.79 Å². The van der Waals surface area contributed by atoms with Gasteiger partial charge in [-0.3, -0.25) is 4.79 Å². The SMILES string of the molecule is Cc1[nH]c2c(-c3cc(C(C)C)ccc3OCC3CC3)ncnc2c1C(=O)NC1CCC(OC(N)=O)CC1. The van der Waals surface area contributed by atoms with Crippen LogP contribution in [0.1, 0.15) is 79.9 Å². The van der Waals surface area contributed by atoms with Crippen molar-refractivity contribution in [2.75, 3.05) is 6.61 Å². The number of nitrogens with zero attached hydrogens (tertiary/aromatic N) is 2. The number of aryl methyl sites for hydroxylation is 1. The second-order valence-electron chi connectivity index (χ2n) is 10.6. The van der Waals surface area contributed by atoms with Crippen LogP contribution in [-0.2, 0) is 4.74 Å². The average molecular weight is 506 g/mol. The normalized spacial score (nSPS) is 19.7. The Kier molecular flexibility index (Phi) is 7.04. The first-order valence-corrected chi connectivity index (χ1v) is 13.2. The molecule has 5 rings (SSSR count). The van der Waals surface area contributed by atoms with Gasteiger partial charge in [0.25, 0.3) is 5.91 Å². The minimum atomic E-state index is -0.752. The van der Waals surface area contributed by atoms with E-state index in [2.05, 4.69) is 46.2 Å². The first kappa shape index (κ1) is 25.0. The molecule has 0 spiro atoms. The van der Waals surface area contributed by atoms with Crippen molar-refractivity contribution < 1.29 is 19.1 Å². The van der Waals surface area contributed by atoms with Gasteiger partial charge in [-0.15, -0.1) is 0 Å². The lowest BCUT2D eigenvalue weighted by atomic mass is 9.92. The van der Waals surface area contributed by atoms with Crippen LogP contribution in [0, 0.1) is 12.8 Å². The first-order valence-electron chi connectivity index (χ1n) is 13.2. The number of hydrogen-bond acceptors (Lipinski definition) is 6. The van der Waals surface area contributed by atoms with E-state index in [1.807, 2.05) is 13.0 Å². The topological polar surface area (TPSA) is 132 Å². The summed E-state index contributed by atoms with van der Waals surface area (Å²) in [6, 6.07) is 6.27. The van der Waals surface area contributed by atoms with Crippen LogP contribution in [0.5, 0.6) is 5.75 Å². The number of fused-ring (bicyclic) bond motifs is 1. The molecule has 2 fully saturated rings. The second-order valence-corrected chi connectivity index (χ2v) is 10.6. The lowest BCUT2D eigenvalue weighted by Gasteiger charge is -2.28. The van der Waals surface area contributed by atoms with E-state index in [0.29, 0.717) is 42.4 Å². The zero-order valence-electron chi connectivity index (χ0n) is 21.7. The summed E-state index contributed by atoms with van der Waals surface area (Å²) in [4.78, 5) is 36.9. The third-order valence-electron chi connectivity index (χ3n) is 7.39. The summed E-state index contributed by atoms with van der Waals surface area (Å²) < 4.78 is 11.3. The van der Waals surface area contributed by atoms with Gasteiger partial charge in [0.15, 0.2) is 0 Å². The van der Waals surface area contributed by atoms with Crippen molar-refractivity contribution in [1.82, 2.24) is 20.3 Å². The number of aromatic amines is 1. The lowest BCUT2D eigenvalue weighted by molar-refractivity contribution is 0.0711. The number of nitrogens with one attached hydrogen (secondary N) is 2. The monoisotopic (exact) mass is 505 g/mol. The van der Waals surface area contributed by atoms with Crippen molar-refractivity contribution in [1.29, 1.82) is 0 Å². The van der Waals surface area contributed by atoms with E-state index >= 15 is 0 Å². The van der Waals surface area contributed by atoms with Crippen LogP contribution < -0.4 is 15.8 Å². The maximum Gasteiger partial charge on any atom is 0.404 e. The number of hydrogen-bond donors (Lipinski definition) is 3. The number of nitrogens with two attached hydrogens (primary N) is 1. The molecule has 0 aliphatic heterocycles. The number of benzene rings is 1. The number of carbonyl (C=O) groups is 2. The maximum absolute atomic E-state index is 13.4. The molecule has 3 aromatic rings. The van der Waals surface area contributed by atoms with E-state index in [0.717, 1.165) is 41.1 Å². The molecule has 2 aliphatic rings. The molecule has 4 N–H and O–H groups in total. The Balaban J connectivity index is 1.43. The number of aromatic nitrogens is 3. The highest BCUT2D eigenvalue weighted by Crippen LogP contribution is 2.38. The van der Waals surface area contributed by atoms with E-state index in [1.165, 1.54) is 24.7 Å². The zero-order chi connectivity index (χ0) is 26.1. The van der Waals surface area contributed by atoms with Gasteiger partial charge in [-0.2, -0.15) is 0 Å². The van der Waals surface area contributed by atoms with E-state index in [9.17, 15) is 9.59 Å². The predicted molar refractivity (Wildman–Crippen MR) is 141 cm³/mol. The molecular weight excluding hydrogens is 470 g/mol. The minimum absolute atomic E-state index is 0.00367. The molecule has 37 heavy (non-hydrogen) atoms. The summed E-state index contributed by atoms with van der Waals surface area (Å²) in [7, 11) is 0. The van der Waals surface area contributed by atoms with Crippen molar-refractivity contribution in [2.24, 2.45) is 11.7 Å². The standard InChI is InChI=1S/C28H35N5O4/c1-15(2)18-6-11-22(36-13-17-4-5-17)21(12-18)24-26-25(31-14-30-24)23(16(3)32-26)27(34)33-19-7-9-20(10-8-19)37-28(29)35/h6,11-12,14-15,17,19-20,32H,4-5,7-10,13H2,1-3H3,(H2,29,35)(H,33,34). The lowest BCUT2D eigenvalue weighted by Crippen LogP contribution is -2.40. The van der Waals surface area contributed by atoms with E-state index in [1.54, 1.807) is 0 Å². The van der Waals surface area contributed by atoms with Crippen LogP contribution in [0.15, 0.2) is 24.5 Å². The fourth-order valence-electron chi connectivity index (χ4n) is 5.06. The van der Waals surface area contributed by atoms with Gasteiger partial charge in [0.2, 0.25) is 0 Å². The Morgan fingerprint density at radius 1 is 1.14 bits per heavy atom. The number of carbonyl (C=O) groups excluding carboxylic acids is 2. The Labute approximate surface area is 216 Å². The quantitative estimate of drug-likeness (QED) is 0.395. The van der Waals surface area contributed by atoms with Crippen LogP contribution in [0.25, 0.3) is 22.3 Å². The highest BCUT2D eigenvalue weighted by atomic mass is 16.6. The van der Waals surface area contributed by atoms with Gasteiger partial charge in [0, 0.05) is 17.3 Å². The van der Waals surface area contributed by atoms with Crippen LogP contribution in [0.3, 0.4) is 0 Å². The third-order valence-corrected chi connectivity index (χ3v) is 7.39. The molecule has 0 bridgehead atoms. The Morgan fingerprint density at radius 3 is 2.57 bits per heavy atom. The molecule has 9 heteroatoms. The van der Waals surface area contributed by atoms with E-state index < -0.39 is 6.09 Å². The Hall–Kier alpha value is -3.62. The van der Waals surface area contributed by atoms with Crippen LogP contribution in [0.2, 0.25) is 0 Å². The Morgan fingerprint density at radius 2 is 1.89 bits per heavy atom. The van der Waals surface area contributed by atoms with Crippen molar-refractivity contribution in [3.8, 4) is 17.0 Å². The largest absolute Gasteiger partial charge is 0.493 e. The summed E-state index contributed by atoms with van der Waals surface area (Å²) in [5.41, 5.74) is 10.5. The fraction of sp³-hybridized carbons (Fsp3) is 0.500. The number of primary amides is 1. The molecule has 2 amide bonds. The predicted octanol–water partition coefficient (Wildman–Crippen LogP) is 4.98. The summed E-state index contributed by atoms with van der Waals surface area (Å²) in [6.07, 6.45) is 5.78. The Bertz CT molecular complexity index is 1310. The summed E-state index contributed by atoms with van der Waals surface area (Å²) in [6.45, 7) is 6.90. The number of rotatable bonds is 8. The van der Waals surface area contributed by atoms with Gasteiger partial charge >= 0.3 is 6.09 Å². The summed E-state index contributed by atoms with van der Waals surface area (Å²) >= 11 is 0. The molecular formula is C28H35N5O4. The van der Waals surface area contributed by atoms with Gasteiger partial charge in [-0.1, -0.05) is 19.9 Å². The molecule has 0 atom stereocenters. The van der Waals surface area contributed by atoms with Crippen LogP contribution in [-0.4, -0.2) is 45.7 Å². The summed E-state index contributed by atoms with van der Waals surface area (Å²) in [5, 5.41) is 3.15. The van der Waals surface area contributed by atoms with Gasteiger partial charge in [0.05, 0.1) is 17.7 Å². The van der Waals surface area contributed by atoms with Gasteiger partial charge < -0.3 is 25.5 Å². The van der Waals surface area contributed by atoms with E-state index in [4.69, 9.17) is 15.2 Å². The van der Waals surface area contributed by atoms with Crippen molar-refractivity contribution in [2.45, 2.75) is 77.4 Å². The number of amides is 2. The van der Waals surface area contributed by atoms with Gasteiger partial charge in [0.1, 0.15) is 29.4 Å². The van der Waals surface area contributed by atoms with Gasteiger partial charge in [-0.25, -0.2) is 14.8 Å². The molecule has 0 radical (unpaired) electrons. The molecule has 9 nitrogen and oxygen atoms in total. The minimum Gasteiger partial charge on any atom is -0.493 e. The summed E-state index contributed by atoms with van der Waals surface area (Å²) in [5.74, 6) is 1.60. The van der Waals surface area contributed by atoms with Crippen molar-refractivity contribution in [3.05, 3.63) is 41.3 Å². The molecule has 1 aromatic carbocycles. The fourth-order valence-corrected chi connectivity index (χ4v) is 5.06. The van der Waals surface area contributed by atoms with Crippen LogP contribution >= 0.6 is 0 Å². The highest BCUT2D eigenvalue weighted by molar-refractivity contribution is 6.09. The number of ether oxygens (including phenoxy) is 2. The first-order chi connectivity index (χ1) is 17.8. The van der Waals surface area contributed by atoms with E-state index in [-0.39, 0.29) is 18.1 Å². The van der Waals surface area contributed by atoms with Crippen molar-refractivity contribution >= 4 is 23.0 Å². The zero-order valence-corrected chi connectivity index (χ0v) is 21.7. The average Bonchev–Trinajstić information content (AvgIpc) is 3.63. The highest BCUT2D eigenvalue weighted by Gasteiger charge is 2.28. The van der Waals surface area contributed by atoms with Gasteiger partial charge in [-0.05, 0) is 75.0 Å². The van der Waals surface area contributed by atoms with Crippen molar-refractivity contribution in [3.63, 3.8) is 0 Å². The molecule has 2 aromatic heterocycles. The molecule has 2 aliphatic carbocycles. The molecule has 0 unspecified atom stereocenters. The molecule has 2 saturated carbocycles. The third kappa shape index (κ3) is 5.55.